The molecule has 0 unspecified atom stereocenters. The van der Waals surface area contributed by atoms with E-state index in [9.17, 15) is 19.5 Å². The first-order valence-electron chi connectivity index (χ1n) is 17.1. The summed E-state index contributed by atoms with van der Waals surface area (Å²) in [6.45, 7) is 9.35. The number of hydrogen-bond donors (Lipinski definition) is 4. The van der Waals surface area contributed by atoms with Gasteiger partial charge >= 0.3 is 5.97 Å². The number of nitrogens with two attached hydrogens (primary N) is 1. The maximum absolute atomic E-state index is 13.9. The summed E-state index contributed by atoms with van der Waals surface area (Å²) in [5.41, 5.74) is 9.53. The molecule has 2 atom stereocenters. The van der Waals surface area contributed by atoms with Crippen LogP contribution in [0.1, 0.15) is 63.8 Å². The average molecular weight is 691 g/mol. The summed E-state index contributed by atoms with van der Waals surface area (Å²) < 4.78 is 0. The Kier molecular flexibility index (Phi) is 15.7. The second kappa shape index (κ2) is 19.4. The first-order chi connectivity index (χ1) is 23.3. The summed E-state index contributed by atoms with van der Waals surface area (Å²) in [5.74, 6) is -1.02. The molecule has 1 aromatic heterocycles. The molecule has 2 heterocycles. The Labute approximate surface area is 295 Å². The number of aliphatic hydroxyl groups excluding tert-OH is 1. The van der Waals surface area contributed by atoms with Crippen molar-refractivity contribution in [3.63, 3.8) is 0 Å². The van der Waals surface area contributed by atoms with Crippen LogP contribution in [0, 0.1) is 0 Å². The highest BCUT2D eigenvalue weighted by Gasteiger charge is 2.35. The van der Waals surface area contributed by atoms with Gasteiger partial charge in [0.1, 0.15) is 6.04 Å². The molecule has 1 aliphatic rings. The number of aliphatic carboxylic acids is 1. The molecule has 10 heteroatoms. The number of carbonyl (C=O) groups excluding carboxylic acids is 2. The van der Waals surface area contributed by atoms with Gasteiger partial charge in [0.15, 0.2) is 0 Å². The van der Waals surface area contributed by atoms with E-state index in [-0.39, 0.29) is 23.5 Å². The largest absolute Gasteiger partial charge is 0.478 e. The van der Waals surface area contributed by atoms with E-state index in [0.717, 1.165) is 40.1 Å². The van der Waals surface area contributed by atoms with E-state index in [1.165, 1.54) is 6.08 Å². The minimum atomic E-state index is -0.910. The fourth-order valence-corrected chi connectivity index (χ4v) is 6.69. The SMILES string of the molecule is C/C(=C\C(=O)O)CC(C)(C)N.CCCN[C@H](Cc1ccc(-c2ccccc2)cc1)C(=O)N(C)[C@H](Cc1cccs1)C(=O)N1CCC(O)CC1. The Balaban J connectivity index is 0.000000509. The van der Waals surface area contributed by atoms with Crippen LogP contribution in [0.15, 0.2) is 83.8 Å². The van der Waals surface area contributed by atoms with Gasteiger partial charge in [0.05, 0.1) is 12.1 Å². The molecule has 0 saturated carbocycles. The van der Waals surface area contributed by atoms with Crippen molar-refractivity contribution in [2.45, 2.75) is 89.9 Å². The first-order valence-corrected chi connectivity index (χ1v) is 18.0. The van der Waals surface area contributed by atoms with Gasteiger partial charge in [-0.1, -0.05) is 73.2 Å². The van der Waals surface area contributed by atoms with Crippen LogP contribution >= 0.6 is 11.3 Å². The number of nitrogens with zero attached hydrogens (tertiary/aromatic N) is 2. The summed E-state index contributed by atoms with van der Waals surface area (Å²) in [4.78, 5) is 42.3. The molecule has 0 radical (unpaired) electrons. The van der Waals surface area contributed by atoms with Crippen LogP contribution in [0.3, 0.4) is 0 Å². The number of likely N-dealkylation sites (tertiary alicyclic amines) is 1. The highest BCUT2D eigenvalue weighted by molar-refractivity contribution is 7.09. The van der Waals surface area contributed by atoms with Crippen LogP contribution in [-0.4, -0.2) is 88.2 Å². The second-order valence-electron chi connectivity index (χ2n) is 13.6. The smallest absolute Gasteiger partial charge is 0.328 e. The Morgan fingerprint density at radius 1 is 1.02 bits per heavy atom. The highest BCUT2D eigenvalue weighted by Crippen LogP contribution is 2.22. The number of aliphatic hydroxyl groups is 1. The number of piperidine rings is 1. The number of nitrogens with one attached hydrogen (secondary N) is 1. The van der Waals surface area contributed by atoms with Crippen molar-refractivity contribution < 1.29 is 24.6 Å². The normalized spacial score (nSPS) is 15.2. The lowest BCUT2D eigenvalue weighted by Crippen LogP contribution is -2.56. The number of benzene rings is 2. The molecular formula is C39H54N4O5S. The number of carboxylic acids is 1. The second-order valence-corrected chi connectivity index (χ2v) is 14.6. The fourth-order valence-electron chi connectivity index (χ4n) is 5.95. The standard InChI is InChI=1S/C31H39N3O3S.C8H15NO2/c1-3-17-32-28(21-23-11-13-25(14-12-23)24-8-5-4-6-9-24)30(36)33(2)29(22-27-10-7-20-38-27)31(37)34-18-15-26(35)16-19-34;1-6(4-7(10)11)5-8(2,3)9/h4-14,20,26,28-29,32,35H,3,15-19,21-22H2,1-2H3;4H,5,9H2,1-3H3,(H,10,11)/b;6-4+/t28-,29-;/m1./s1. The summed E-state index contributed by atoms with van der Waals surface area (Å²) >= 11 is 1.60. The van der Waals surface area contributed by atoms with E-state index in [1.54, 1.807) is 30.2 Å². The van der Waals surface area contributed by atoms with Crippen molar-refractivity contribution >= 4 is 29.1 Å². The molecular weight excluding hydrogens is 637 g/mol. The molecule has 1 aliphatic heterocycles. The van der Waals surface area contributed by atoms with E-state index < -0.39 is 18.1 Å². The van der Waals surface area contributed by atoms with Crippen LogP contribution < -0.4 is 11.1 Å². The number of amides is 2. The monoisotopic (exact) mass is 690 g/mol. The number of thiophene rings is 1. The van der Waals surface area contributed by atoms with Crippen molar-refractivity contribution in [3.8, 4) is 11.1 Å². The zero-order valence-electron chi connectivity index (χ0n) is 29.6. The van der Waals surface area contributed by atoms with Crippen molar-refractivity contribution in [1.82, 2.24) is 15.1 Å². The van der Waals surface area contributed by atoms with Gasteiger partial charge in [0, 0.05) is 43.1 Å². The topological polar surface area (TPSA) is 136 Å². The van der Waals surface area contributed by atoms with Gasteiger partial charge in [-0.2, -0.15) is 0 Å². The number of carboxylic acid groups (broad SMARTS) is 1. The fraction of sp³-hybridized carbons (Fsp3) is 0.462. The van der Waals surface area contributed by atoms with Gasteiger partial charge in [0.2, 0.25) is 11.8 Å². The predicted octanol–water partition coefficient (Wildman–Crippen LogP) is 5.52. The lowest BCUT2D eigenvalue weighted by molar-refractivity contribution is -0.146. The van der Waals surface area contributed by atoms with E-state index in [0.29, 0.717) is 45.2 Å². The number of hydrogen-bond acceptors (Lipinski definition) is 7. The molecule has 4 rings (SSSR count). The van der Waals surface area contributed by atoms with Gasteiger partial charge in [-0.25, -0.2) is 4.79 Å². The van der Waals surface area contributed by atoms with Gasteiger partial charge in [-0.15, -0.1) is 11.3 Å². The molecule has 9 nitrogen and oxygen atoms in total. The lowest BCUT2D eigenvalue weighted by Gasteiger charge is -2.37. The maximum Gasteiger partial charge on any atom is 0.328 e. The van der Waals surface area contributed by atoms with Gasteiger partial charge in [-0.3, -0.25) is 9.59 Å². The number of likely N-dealkylation sites (N-methyl/N-ethyl adjacent to an activating group) is 1. The molecule has 3 aromatic rings. The van der Waals surface area contributed by atoms with Crippen molar-refractivity contribution in [2.75, 3.05) is 26.7 Å². The van der Waals surface area contributed by atoms with Gasteiger partial charge < -0.3 is 31.1 Å². The van der Waals surface area contributed by atoms with Crippen molar-refractivity contribution in [2.24, 2.45) is 5.73 Å². The molecule has 2 amide bonds. The molecule has 1 saturated heterocycles. The average Bonchev–Trinajstić information content (AvgIpc) is 3.58. The summed E-state index contributed by atoms with van der Waals surface area (Å²) in [5, 5.41) is 23.7. The van der Waals surface area contributed by atoms with E-state index >= 15 is 0 Å². The Morgan fingerprint density at radius 2 is 1.65 bits per heavy atom. The van der Waals surface area contributed by atoms with E-state index in [2.05, 4.69) is 48.6 Å². The molecule has 0 aliphatic carbocycles. The third kappa shape index (κ3) is 13.5. The maximum atomic E-state index is 13.9. The van der Waals surface area contributed by atoms with Crippen LogP contribution in [0.5, 0.6) is 0 Å². The molecule has 2 aromatic carbocycles. The van der Waals surface area contributed by atoms with Crippen LogP contribution in [0.4, 0.5) is 0 Å². The van der Waals surface area contributed by atoms with Crippen molar-refractivity contribution in [1.29, 1.82) is 0 Å². The van der Waals surface area contributed by atoms with Crippen molar-refractivity contribution in [3.05, 3.63) is 94.2 Å². The molecule has 266 valence electrons. The lowest BCUT2D eigenvalue weighted by atomic mass is 9.97. The van der Waals surface area contributed by atoms with Gasteiger partial charge in [0.25, 0.3) is 0 Å². The summed E-state index contributed by atoms with van der Waals surface area (Å²) in [6.07, 6.45) is 4.55. The number of rotatable bonds is 14. The minimum Gasteiger partial charge on any atom is -0.478 e. The first kappa shape index (κ1) is 39.6. The summed E-state index contributed by atoms with van der Waals surface area (Å²) in [7, 11) is 1.76. The van der Waals surface area contributed by atoms with Gasteiger partial charge in [-0.05, 0) is 87.6 Å². The molecule has 5 N–H and O–H groups in total. The Morgan fingerprint density at radius 3 is 2.20 bits per heavy atom. The zero-order chi connectivity index (χ0) is 36.0. The van der Waals surface area contributed by atoms with Crippen LogP contribution in [0.25, 0.3) is 11.1 Å². The predicted molar refractivity (Wildman–Crippen MR) is 198 cm³/mol. The molecule has 0 bridgehead atoms. The third-order valence-electron chi connectivity index (χ3n) is 8.40. The van der Waals surface area contributed by atoms with Crippen LogP contribution in [-0.2, 0) is 27.2 Å². The summed E-state index contributed by atoms with van der Waals surface area (Å²) in [6, 6.07) is 21.6. The van der Waals surface area contributed by atoms with Crippen LogP contribution in [0.2, 0.25) is 0 Å². The Hall–Kier alpha value is -3.83. The quantitative estimate of drug-likeness (QED) is 0.164. The molecule has 1 fully saturated rings. The molecule has 49 heavy (non-hydrogen) atoms. The van der Waals surface area contributed by atoms with E-state index in [1.807, 2.05) is 54.5 Å². The Bertz CT molecular complexity index is 1480. The minimum absolute atomic E-state index is 0.0393. The zero-order valence-corrected chi connectivity index (χ0v) is 30.4. The third-order valence-corrected chi connectivity index (χ3v) is 9.29. The number of carbonyl (C=O) groups is 3. The molecule has 0 spiro atoms. The van der Waals surface area contributed by atoms with E-state index in [4.69, 9.17) is 10.8 Å². The highest BCUT2D eigenvalue weighted by atomic mass is 32.1.